The van der Waals surface area contributed by atoms with Crippen molar-refractivity contribution in [1.82, 2.24) is 4.98 Å². The lowest BCUT2D eigenvalue weighted by Crippen LogP contribution is -2.03. The van der Waals surface area contributed by atoms with Crippen LogP contribution in [-0.2, 0) is 4.74 Å². The van der Waals surface area contributed by atoms with Crippen LogP contribution in [0.4, 0.5) is 0 Å². The van der Waals surface area contributed by atoms with Gasteiger partial charge in [-0.25, -0.2) is 9.78 Å². The quantitative estimate of drug-likeness (QED) is 0.638. The predicted octanol–water partition coefficient (Wildman–Crippen LogP) is 1.82. The third-order valence-electron chi connectivity index (χ3n) is 1.90. The van der Waals surface area contributed by atoms with Crippen molar-refractivity contribution in [3.8, 4) is 0 Å². The molecule has 0 bridgehead atoms. The Balaban J connectivity index is 2.56. The molecule has 1 aromatic carbocycles. The van der Waals surface area contributed by atoms with E-state index in [1.54, 1.807) is 0 Å². The Morgan fingerprint density at radius 3 is 3.00 bits per heavy atom. The van der Waals surface area contributed by atoms with Gasteiger partial charge in [-0.3, -0.25) is 0 Å². The minimum atomic E-state index is -0.438. The highest BCUT2D eigenvalue weighted by molar-refractivity contribution is 5.90. The van der Waals surface area contributed by atoms with Crippen LogP contribution in [-0.4, -0.2) is 18.1 Å². The first-order valence-electron chi connectivity index (χ1n) is 4.17. The third kappa shape index (κ3) is 1.44. The first kappa shape index (κ1) is 8.69. The van der Waals surface area contributed by atoms with Gasteiger partial charge in [-0.1, -0.05) is 18.2 Å². The highest BCUT2D eigenvalue weighted by atomic mass is 16.5. The van der Waals surface area contributed by atoms with Crippen LogP contribution < -0.4 is 0 Å². The lowest BCUT2D eigenvalue weighted by Gasteiger charge is -1.99. The summed E-state index contributed by atoms with van der Waals surface area (Å²) in [5.41, 5.74) is 1.03. The van der Waals surface area contributed by atoms with Gasteiger partial charge >= 0.3 is 5.97 Å². The van der Waals surface area contributed by atoms with E-state index in [-0.39, 0.29) is 5.69 Å². The van der Waals surface area contributed by atoms with Crippen molar-refractivity contribution in [3.05, 3.63) is 42.1 Å². The normalized spacial score (nSPS) is 10.1. The van der Waals surface area contributed by atoms with Gasteiger partial charge in [0.05, 0.1) is 12.6 Å². The Labute approximate surface area is 81.3 Å². The monoisotopic (exact) mass is 186 g/mol. The molecule has 0 aliphatic carbocycles. The van der Waals surface area contributed by atoms with Crippen LogP contribution >= 0.6 is 0 Å². The summed E-state index contributed by atoms with van der Waals surface area (Å²) in [6.07, 6.45) is 0. The van der Waals surface area contributed by atoms with Crippen LogP contribution in [0, 0.1) is 6.07 Å². The Morgan fingerprint density at radius 2 is 2.21 bits per heavy atom. The van der Waals surface area contributed by atoms with Crippen molar-refractivity contribution in [2.24, 2.45) is 0 Å². The summed E-state index contributed by atoms with van der Waals surface area (Å²) in [6, 6.07) is 12.0. The number of nitrogens with zero attached hydrogens (tertiary/aromatic N) is 1. The number of carbonyl (C=O) groups excluding carboxylic acids is 1. The van der Waals surface area contributed by atoms with Crippen molar-refractivity contribution in [3.63, 3.8) is 0 Å². The summed E-state index contributed by atoms with van der Waals surface area (Å²) in [5.74, 6) is -0.438. The fraction of sp³-hybridized carbons (Fsp3) is 0.0909. The van der Waals surface area contributed by atoms with Crippen molar-refractivity contribution in [2.75, 3.05) is 7.11 Å². The first-order chi connectivity index (χ1) is 6.81. The molecule has 0 aliphatic heterocycles. The van der Waals surface area contributed by atoms with E-state index in [4.69, 9.17) is 0 Å². The summed E-state index contributed by atoms with van der Waals surface area (Å²) in [6.45, 7) is 0. The zero-order valence-corrected chi connectivity index (χ0v) is 7.65. The van der Waals surface area contributed by atoms with Crippen LogP contribution in [0.2, 0.25) is 0 Å². The minimum Gasteiger partial charge on any atom is -0.464 e. The van der Waals surface area contributed by atoms with Crippen LogP contribution in [0.5, 0.6) is 0 Å². The van der Waals surface area contributed by atoms with Crippen molar-refractivity contribution >= 4 is 16.9 Å². The zero-order valence-electron chi connectivity index (χ0n) is 7.65. The summed E-state index contributed by atoms with van der Waals surface area (Å²) >= 11 is 0. The van der Waals surface area contributed by atoms with E-state index in [9.17, 15) is 4.79 Å². The van der Waals surface area contributed by atoms with Gasteiger partial charge < -0.3 is 4.74 Å². The molecule has 0 saturated carbocycles. The molecular weight excluding hydrogens is 178 g/mol. The Hall–Kier alpha value is -1.90. The molecule has 14 heavy (non-hydrogen) atoms. The zero-order chi connectivity index (χ0) is 9.97. The molecule has 1 heterocycles. The SMILES string of the molecule is COC(=O)c1c[c]c2ccccc2n1. The Bertz CT molecular complexity index is 479. The molecule has 2 aromatic rings. The highest BCUT2D eigenvalue weighted by Gasteiger charge is 2.06. The fourth-order valence-electron chi connectivity index (χ4n) is 1.21. The van der Waals surface area contributed by atoms with Gasteiger partial charge in [-0.15, -0.1) is 0 Å². The number of hydrogen-bond acceptors (Lipinski definition) is 3. The standard InChI is InChI=1S/C11H8NO2/c1-14-11(13)10-7-6-8-4-2-3-5-9(8)12-10/h2-5,7H,1H3. The van der Waals surface area contributed by atoms with Gasteiger partial charge in [0.1, 0.15) is 5.69 Å². The smallest absolute Gasteiger partial charge is 0.356 e. The average Bonchev–Trinajstić information content (AvgIpc) is 2.27. The van der Waals surface area contributed by atoms with Crippen LogP contribution in [0.3, 0.4) is 0 Å². The van der Waals surface area contributed by atoms with Crippen LogP contribution in [0.1, 0.15) is 10.5 Å². The lowest BCUT2D eigenvalue weighted by atomic mass is 10.2. The average molecular weight is 186 g/mol. The lowest BCUT2D eigenvalue weighted by molar-refractivity contribution is 0.0594. The Kier molecular flexibility index (Phi) is 2.14. The van der Waals surface area contributed by atoms with Gasteiger partial charge in [-0.2, -0.15) is 0 Å². The van der Waals surface area contributed by atoms with E-state index in [0.29, 0.717) is 0 Å². The van der Waals surface area contributed by atoms with E-state index >= 15 is 0 Å². The molecule has 0 amide bonds. The van der Waals surface area contributed by atoms with Gasteiger partial charge in [0.15, 0.2) is 0 Å². The molecule has 0 unspecified atom stereocenters. The molecule has 3 heteroatoms. The maximum atomic E-state index is 11.2. The molecule has 2 rings (SSSR count). The second-order valence-electron chi connectivity index (χ2n) is 2.79. The molecule has 1 radical (unpaired) electrons. The van der Waals surface area contributed by atoms with E-state index in [1.165, 1.54) is 13.2 Å². The molecule has 0 aliphatic rings. The molecular formula is C11H8NO2. The summed E-state index contributed by atoms with van der Waals surface area (Å²) in [7, 11) is 1.33. The number of aromatic nitrogens is 1. The van der Waals surface area contributed by atoms with E-state index in [2.05, 4.69) is 15.8 Å². The van der Waals surface area contributed by atoms with Crippen LogP contribution in [0.25, 0.3) is 10.9 Å². The molecule has 69 valence electrons. The number of esters is 1. The first-order valence-corrected chi connectivity index (χ1v) is 4.17. The maximum absolute atomic E-state index is 11.2. The molecule has 0 saturated heterocycles. The number of carbonyl (C=O) groups is 1. The molecule has 0 atom stereocenters. The molecule has 3 nitrogen and oxygen atoms in total. The molecule has 0 fully saturated rings. The predicted molar refractivity (Wildman–Crippen MR) is 51.9 cm³/mol. The summed E-state index contributed by atoms with van der Waals surface area (Å²) < 4.78 is 4.56. The van der Waals surface area contributed by atoms with Gasteiger partial charge in [0.2, 0.25) is 0 Å². The van der Waals surface area contributed by atoms with Gasteiger partial charge in [0.25, 0.3) is 0 Å². The Morgan fingerprint density at radius 1 is 1.43 bits per heavy atom. The van der Waals surface area contributed by atoms with E-state index in [1.807, 2.05) is 24.3 Å². The second-order valence-corrected chi connectivity index (χ2v) is 2.79. The van der Waals surface area contributed by atoms with Gasteiger partial charge in [0, 0.05) is 5.39 Å². The number of fused-ring (bicyclic) bond motifs is 1. The number of rotatable bonds is 1. The second kappa shape index (κ2) is 3.46. The summed E-state index contributed by atoms with van der Waals surface area (Å²) in [5, 5.41) is 0.889. The van der Waals surface area contributed by atoms with Crippen molar-refractivity contribution in [1.29, 1.82) is 0 Å². The highest BCUT2D eigenvalue weighted by Crippen LogP contribution is 2.11. The number of para-hydroxylation sites is 1. The van der Waals surface area contributed by atoms with Crippen molar-refractivity contribution < 1.29 is 9.53 Å². The number of ether oxygens (including phenoxy) is 1. The van der Waals surface area contributed by atoms with Crippen LogP contribution in [0.15, 0.2) is 30.3 Å². The molecule has 0 spiro atoms. The van der Waals surface area contributed by atoms with E-state index < -0.39 is 5.97 Å². The number of hydrogen-bond donors (Lipinski definition) is 0. The third-order valence-corrected chi connectivity index (χ3v) is 1.90. The topological polar surface area (TPSA) is 39.2 Å². The van der Waals surface area contributed by atoms with Gasteiger partial charge in [-0.05, 0) is 18.2 Å². The maximum Gasteiger partial charge on any atom is 0.356 e. The largest absolute Gasteiger partial charge is 0.464 e. The van der Waals surface area contributed by atoms with E-state index in [0.717, 1.165) is 10.9 Å². The fourth-order valence-corrected chi connectivity index (χ4v) is 1.21. The number of methoxy groups -OCH3 is 1. The molecule has 1 aromatic heterocycles. The number of pyridine rings is 1. The summed E-state index contributed by atoms with van der Waals surface area (Å²) in [4.78, 5) is 15.3. The van der Waals surface area contributed by atoms with Crippen molar-refractivity contribution in [2.45, 2.75) is 0 Å². The molecule has 0 N–H and O–H groups in total. The minimum absolute atomic E-state index is 0.284. The number of benzene rings is 1.